The second kappa shape index (κ2) is 5.93. The fourth-order valence-corrected chi connectivity index (χ4v) is 3.25. The number of aryl methyl sites for hydroxylation is 1. The molecule has 0 fully saturated rings. The van der Waals surface area contributed by atoms with E-state index in [1.54, 1.807) is 6.08 Å². The first kappa shape index (κ1) is 15.6. The topological polar surface area (TPSA) is 63.2 Å². The molecule has 1 atom stereocenters. The lowest BCUT2D eigenvalue weighted by molar-refractivity contribution is -0.123. The zero-order valence-electron chi connectivity index (χ0n) is 11.4. The fraction of sp³-hybridized carbons (Fsp3) is 0.357. The standard InChI is InChI=1S/C14H15F2NO3S/c1-9-7-12(16)13(8-11(9)15)21(19,20)17-14(18)10-5-3-2-4-6-10/h2-3,7-8,10H,4-6H2,1H3,(H,17,18)/t10-/m1/s1. The van der Waals surface area contributed by atoms with Crippen LogP contribution < -0.4 is 4.72 Å². The Morgan fingerprint density at radius 3 is 2.57 bits per heavy atom. The maximum atomic E-state index is 13.7. The molecule has 1 aromatic carbocycles. The molecule has 0 spiro atoms. The molecule has 0 unspecified atom stereocenters. The molecule has 7 heteroatoms. The third kappa shape index (κ3) is 3.47. The van der Waals surface area contributed by atoms with E-state index < -0.39 is 38.4 Å². The van der Waals surface area contributed by atoms with Gasteiger partial charge in [-0.25, -0.2) is 21.9 Å². The maximum absolute atomic E-state index is 13.7. The number of rotatable bonds is 3. The predicted molar refractivity (Wildman–Crippen MR) is 72.9 cm³/mol. The Morgan fingerprint density at radius 1 is 1.24 bits per heavy atom. The van der Waals surface area contributed by atoms with Crippen LogP contribution in [0, 0.1) is 24.5 Å². The van der Waals surface area contributed by atoms with Crippen molar-refractivity contribution >= 4 is 15.9 Å². The van der Waals surface area contributed by atoms with Gasteiger partial charge in [0.25, 0.3) is 10.0 Å². The first-order valence-corrected chi connectivity index (χ1v) is 7.97. The minimum atomic E-state index is -4.42. The molecule has 4 nitrogen and oxygen atoms in total. The number of benzene rings is 1. The van der Waals surface area contributed by atoms with E-state index in [0.717, 1.165) is 6.07 Å². The van der Waals surface area contributed by atoms with Gasteiger partial charge in [0.15, 0.2) is 0 Å². The molecule has 1 amide bonds. The summed E-state index contributed by atoms with van der Waals surface area (Å²) in [6.07, 6.45) is 5.36. The Hall–Kier alpha value is -1.76. The molecule has 2 rings (SSSR count). The van der Waals surface area contributed by atoms with E-state index in [9.17, 15) is 22.0 Å². The second-order valence-electron chi connectivity index (χ2n) is 4.98. The highest BCUT2D eigenvalue weighted by molar-refractivity contribution is 7.90. The molecule has 0 radical (unpaired) electrons. The smallest absolute Gasteiger partial charge is 0.267 e. The zero-order valence-corrected chi connectivity index (χ0v) is 12.2. The number of hydrogen-bond donors (Lipinski definition) is 1. The minimum absolute atomic E-state index is 0.00445. The number of nitrogens with one attached hydrogen (secondary N) is 1. The maximum Gasteiger partial charge on any atom is 0.267 e. The summed E-state index contributed by atoms with van der Waals surface area (Å²) in [5, 5.41) is 0. The first-order valence-electron chi connectivity index (χ1n) is 6.48. The van der Waals surface area contributed by atoms with Crippen molar-refractivity contribution in [3.63, 3.8) is 0 Å². The molecule has 1 N–H and O–H groups in total. The van der Waals surface area contributed by atoms with Gasteiger partial charge >= 0.3 is 0 Å². The molecule has 1 aliphatic carbocycles. The van der Waals surface area contributed by atoms with Crippen LogP contribution in [0.1, 0.15) is 24.8 Å². The highest BCUT2D eigenvalue weighted by Crippen LogP contribution is 2.21. The Kier molecular flexibility index (Phi) is 4.41. The van der Waals surface area contributed by atoms with E-state index in [1.807, 2.05) is 10.8 Å². The van der Waals surface area contributed by atoms with Crippen LogP contribution >= 0.6 is 0 Å². The van der Waals surface area contributed by atoms with Crippen molar-refractivity contribution in [2.45, 2.75) is 31.1 Å². The quantitative estimate of drug-likeness (QED) is 0.871. The van der Waals surface area contributed by atoms with Crippen molar-refractivity contribution in [2.24, 2.45) is 5.92 Å². The number of carbonyl (C=O) groups excluding carboxylic acids is 1. The van der Waals surface area contributed by atoms with Gasteiger partial charge in [-0.3, -0.25) is 4.79 Å². The number of amides is 1. The van der Waals surface area contributed by atoms with Gasteiger partial charge < -0.3 is 0 Å². The molecule has 0 saturated carbocycles. The van der Waals surface area contributed by atoms with Crippen molar-refractivity contribution in [3.05, 3.63) is 41.5 Å². The monoisotopic (exact) mass is 315 g/mol. The van der Waals surface area contributed by atoms with Crippen LogP contribution in [0.4, 0.5) is 8.78 Å². The summed E-state index contributed by atoms with van der Waals surface area (Å²) in [6, 6.07) is 1.37. The number of allylic oxidation sites excluding steroid dienone is 2. The van der Waals surface area contributed by atoms with Gasteiger partial charge in [-0.1, -0.05) is 12.2 Å². The van der Waals surface area contributed by atoms with Gasteiger partial charge in [-0.2, -0.15) is 0 Å². The molecule has 1 aliphatic rings. The van der Waals surface area contributed by atoms with Crippen molar-refractivity contribution in [1.29, 1.82) is 0 Å². The van der Waals surface area contributed by atoms with Gasteiger partial charge in [0.05, 0.1) is 0 Å². The summed E-state index contributed by atoms with van der Waals surface area (Å²) in [6.45, 7) is 1.32. The van der Waals surface area contributed by atoms with Gasteiger partial charge in [0, 0.05) is 5.92 Å². The molecule has 21 heavy (non-hydrogen) atoms. The fourth-order valence-electron chi connectivity index (χ4n) is 2.14. The Balaban J connectivity index is 2.24. The van der Waals surface area contributed by atoms with E-state index in [0.29, 0.717) is 25.3 Å². The molecule has 0 bridgehead atoms. The SMILES string of the molecule is Cc1cc(F)c(S(=O)(=O)NC(=O)[C@@H]2CC=CCC2)cc1F. The normalized spacial score (nSPS) is 18.5. The van der Waals surface area contributed by atoms with Crippen molar-refractivity contribution in [3.8, 4) is 0 Å². The average molecular weight is 315 g/mol. The van der Waals surface area contributed by atoms with Crippen molar-refractivity contribution < 1.29 is 22.0 Å². The lowest BCUT2D eigenvalue weighted by atomic mass is 9.94. The van der Waals surface area contributed by atoms with Crippen LogP contribution in [0.5, 0.6) is 0 Å². The van der Waals surface area contributed by atoms with E-state index in [1.165, 1.54) is 6.92 Å². The molecule has 0 heterocycles. The number of carbonyl (C=O) groups is 1. The summed E-state index contributed by atoms with van der Waals surface area (Å²) in [4.78, 5) is 11.1. The Morgan fingerprint density at radius 2 is 1.95 bits per heavy atom. The number of sulfonamides is 1. The summed E-state index contributed by atoms with van der Waals surface area (Å²) in [5.74, 6) is -3.09. The number of hydrogen-bond acceptors (Lipinski definition) is 3. The van der Waals surface area contributed by atoms with Gasteiger partial charge in [0.1, 0.15) is 16.5 Å². The molecule has 1 aromatic rings. The molecular weight excluding hydrogens is 300 g/mol. The van der Waals surface area contributed by atoms with Crippen LogP contribution in [0.3, 0.4) is 0 Å². The summed E-state index contributed by atoms with van der Waals surface area (Å²) < 4.78 is 53.0. The first-order chi connectivity index (χ1) is 9.81. The van der Waals surface area contributed by atoms with E-state index in [4.69, 9.17) is 0 Å². The highest BCUT2D eigenvalue weighted by Gasteiger charge is 2.27. The lowest BCUT2D eigenvalue weighted by Gasteiger charge is -2.17. The van der Waals surface area contributed by atoms with Crippen LogP contribution in [-0.4, -0.2) is 14.3 Å². The summed E-state index contributed by atoms with van der Waals surface area (Å²) in [5.41, 5.74) is -0.00445. The van der Waals surface area contributed by atoms with Gasteiger partial charge in [-0.15, -0.1) is 0 Å². The average Bonchev–Trinajstić information content (AvgIpc) is 2.43. The van der Waals surface area contributed by atoms with Crippen LogP contribution in [0.25, 0.3) is 0 Å². The molecule has 114 valence electrons. The third-order valence-corrected chi connectivity index (χ3v) is 4.74. The van der Waals surface area contributed by atoms with Crippen molar-refractivity contribution in [2.75, 3.05) is 0 Å². The number of halogens is 2. The molecule has 0 saturated heterocycles. The minimum Gasteiger partial charge on any atom is -0.274 e. The zero-order chi connectivity index (χ0) is 15.6. The van der Waals surface area contributed by atoms with Gasteiger partial charge in [0.2, 0.25) is 5.91 Å². The Labute approximate surface area is 121 Å². The van der Waals surface area contributed by atoms with E-state index >= 15 is 0 Å². The molecule has 0 aliphatic heterocycles. The summed E-state index contributed by atoms with van der Waals surface area (Å²) >= 11 is 0. The largest absolute Gasteiger partial charge is 0.274 e. The van der Waals surface area contributed by atoms with Gasteiger partial charge in [-0.05, 0) is 43.9 Å². The highest BCUT2D eigenvalue weighted by atomic mass is 32.2. The third-order valence-electron chi connectivity index (χ3n) is 3.38. The van der Waals surface area contributed by atoms with E-state index in [2.05, 4.69) is 0 Å². The van der Waals surface area contributed by atoms with Crippen LogP contribution in [-0.2, 0) is 14.8 Å². The van der Waals surface area contributed by atoms with Crippen molar-refractivity contribution in [1.82, 2.24) is 4.72 Å². The van der Waals surface area contributed by atoms with Crippen LogP contribution in [0.2, 0.25) is 0 Å². The predicted octanol–water partition coefficient (Wildman–Crippen LogP) is 2.43. The lowest BCUT2D eigenvalue weighted by Crippen LogP contribution is -2.36. The van der Waals surface area contributed by atoms with Crippen LogP contribution in [0.15, 0.2) is 29.2 Å². The second-order valence-corrected chi connectivity index (χ2v) is 6.63. The Bertz CT molecular complexity index is 698. The van der Waals surface area contributed by atoms with E-state index in [-0.39, 0.29) is 5.56 Å². The summed E-state index contributed by atoms with van der Waals surface area (Å²) in [7, 11) is -4.42. The molecule has 0 aromatic heterocycles. The molecular formula is C14H15F2NO3S.